The summed E-state index contributed by atoms with van der Waals surface area (Å²) in [7, 11) is 0. The number of Topliss-reactive ketones (excluding diaryl/α,β-unsaturated/α-hetero) is 1. The number of hydrogen-bond donors (Lipinski definition) is 0. The number of nitrogens with zero attached hydrogens (tertiary/aromatic N) is 1. The molecule has 0 N–H and O–H groups in total. The van der Waals surface area contributed by atoms with Crippen molar-refractivity contribution in [2.45, 2.75) is 19.4 Å². The molecule has 76 valence electrons. The van der Waals surface area contributed by atoms with E-state index in [4.69, 9.17) is 11.6 Å². The maximum Gasteiger partial charge on any atom is 0.146 e. The van der Waals surface area contributed by atoms with E-state index in [-0.39, 0.29) is 0 Å². The third-order valence-corrected chi connectivity index (χ3v) is 3.76. The highest BCUT2D eigenvalue weighted by Crippen LogP contribution is 2.24. The number of hydrogen-bond acceptors (Lipinski definition) is 3. The zero-order valence-corrected chi connectivity index (χ0v) is 9.40. The topological polar surface area (TPSA) is 20.3 Å². The van der Waals surface area contributed by atoms with Crippen molar-refractivity contribution in [2.75, 3.05) is 13.1 Å². The van der Waals surface area contributed by atoms with Crippen molar-refractivity contribution in [1.82, 2.24) is 4.90 Å². The fourth-order valence-corrected chi connectivity index (χ4v) is 2.82. The molecule has 2 heterocycles. The van der Waals surface area contributed by atoms with Gasteiger partial charge in [-0.3, -0.25) is 9.69 Å². The summed E-state index contributed by atoms with van der Waals surface area (Å²) < 4.78 is 0. The van der Waals surface area contributed by atoms with Crippen LogP contribution in [-0.2, 0) is 11.3 Å². The van der Waals surface area contributed by atoms with E-state index in [9.17, 15) is 4.79 Å². The largest absolute Gasteiger partial charge is 0.298 e. The number of thiophene rings is 1. The minimum Gasteiger partial charge on any atom is -0.298 e. The molecule has 0 bridgehead atoms. The maximum absolute atomic E-state index is 11.2. The number of rotatable bonds is 2. The van der Waals surface area contributed by atoms with Gasteiger partial charge in [0.25, 0.3) is 0 Å². The van der Waals surface area contributed by atoms with Crippen LogP contribution >= 0.6 is 22.9 Å². The summed E-state index contributed by atoms with van der Waals surface area (Å²) >= 11 is 7.65. The number of piperidine rings is 1. The second-order valence-corrected chi connectivity index (χ2v) is 4.95. The molecular weight excluding hydrogens is 218 g/mol. The highest BCUT2D eigenvalue weighted by Gasteiger charge is 2.17. The van der Waals surface area contributed by atoms with Gasteiger partial charge in [0.05, 0.1) is 11.6 Å². The predicted octanol–water partition coefficient (Wildman–Crippen LogP) is 2.57. The highest BCUT2D eigenvalue weighted by atomic mass is 35.5. The van der Waals surface area contributed by atoms with E-state index in [1.807, 2.05) is 11.4 Å². The molecular formula is C10H12ClNOS. The first-order chi connectivity index (χ1) is 6.75. The molecule has 1 saturated heterocycles. The minimum atomic E-state index is 0.351. The zero-order chi connectivity index (χ0) is 9.97. The quantitative estimate of drug-likeness (QED) is 0.777. The SMILES string of the molecule is O=C1CCCN(Cc2sccc2Cl)C1. The summed E-state index contributed by atoms with van der Waals surface area (Å²) in [5.74, 6) is 0.351. The third kappa shape index (κ3) is 2.35. The van der Waals surface area contributed by atoms with Crippen LogP contribution in [0.2, 0.25) is 5.02 Å². The van der Waals surface area contributed by atoms with Gasteiger partial charge >= 0.3 is 0 Å². The van der Waals surface area contributed by atoms with Crippen LogP contribution in [0, 0.1) is 0 Å². The fourth-order valence-electron chi connectivity index (χ4n) is 1.68. The van der Waals surface area contributed by atoms with Gasteiger partial charge in [0.2, 0.25) is 0 Å². The fraction of sp³-hybridized carbons (Fsp3) is 0.500. The molecule has 1 aliphatic heterocycles. The Morgan fingerprint density at radius 3 is 3.07 bits per heavy atom. The number of ketones is 1. The monoisotopic (exact) mass is 229 g/mol. The lowest BCUT2D eigenvalue weighted by atomic mass is 10.1. The van der Waals surface area contributed by atoms with Gasteiger partial charge < -0.3 is 0 Å². The van der Waals surface area contributed by atoms with Crippen molar-refractivity contribution >= 4 is 28.7 Å². The summed E-state index contributed by atoms with van der Waals surface area (Å²) in [6.45, 7) is 2.43. The van der Waals surface area contributed by atoms with Gasteiger partial charge in [0, 0.05) is 17.8 Å². The minimum absolute atomic E-state index is 0.351. The summed E-state index contributed by atoms with van der Waals surface area (Å²) in [5, 5.41) is 2.82. The average molecular weight is 230 g/mol. The Labute approximate surface area is 92.5 Å². The molecule has 2 nitrogen and oxygen atoms in total. The van der Waals surface area contributed by atoms with Crippen molar-refractivity contribution in [3.63, 3.8) is 0 Å². The smallest absolute Gasteiger partial charge is 0.146 e. The second kappa shape index (κ2) is 4.43. The summed E-state index contributed by atoms with van der Waals surface area (Å²) in [5.41, 5.74) is 0. The van der Waals surface area contributed by atoms with E-state index in [0.29, 0.717) is 12.3 Å². The van der Waals surface area contributed by atoms with Crippen molar-refractivity contribution in [2.24, 2.45) is 0 Å². The Morgan fingerprint density at radius 2 is 2.43 bits per heavy atom. The molecule has 1 aliphatic rings. The predicted molar refractivity (Wildman–Crippen MR) is 58.8 cm³/mol. The Balaban J connectivity index is 1.97. The molecule has 0 aromatic carbocycles. The van der Waals surface area contributed by atoms with E-state index < -0.39 is 0 Å². The molecule has 1 aromatic heterocycles. The molecule has 0 saturated carbocycles. The van der Waals surface area contributed by atoms with Gasteiger partial charge in [-0.25, -0.2) is 0 Å². The number of halogens is 1. The van der Waals surface area contributed by atoms with Crippen LogP contribution in [0.1, 0.15) is 17.7 Å². The van der Waals surface area contributed by atoms with E-state index in [1.165, 1.54) is 4.88 Å². The van der Waals surface area contributed by atoms with E-state index in [1.54, 1.807) is 11.3 Å². The Bertz CT molecular complexity index is 337. The molecule has 0 amide bonds. The summed E-state index contributed by atoms with van der Waals surface area (Å²) in [6, 6.07) is 1.91. The normalized spacial score (nSPS) is 18.8. The highest BCUT2D eigenvalue weighted by molar-refractivity contribution is 7.10. The molecule has 0 aliphatic carbocycles. The lowest BCUT2D eigenvalue weighted by Gasteiger charge is -2.24. The van der Waals surface area contributed by atoms with Gasteiger partial charge in [0.15, 0.2) is 0 Å². The molecule has 1 aromatic rings. The van der Waals surface area contributed by atoms with Gasteiger partial charge in [-0.2, -0.15) is 0 Å². The lowest BCUT2D eigenvalue weighted by molar-refractivity contribution is -0.122. The van der Waals surface area contributed by atoms with Gasteiger partial charge in [-0.1, -0.05) is 11.6 Å². The molecule has 0 radical (unpaired) electrons. The molecule has 0 spiro atoms. The van der Waals surface area contributed by atoms with Crippen molar-refractivity contribution in [1.29, 1.82) is 0 Å². The van der Waals surface area contributed by atoms with E-state index in [0.717, 1.165) is 31.0 Å². The molecule has 0 atom stereocenters. The lowest BCUT2D eigenvalue weighted by Crippen LogP contribution is -2.34. The van der Waals surface area contributed by atoms with E-state index in [2.05, 4.69) is 4.90 Å². The standard InChI is InChI=1S/C10H12ClNOS/c11-9-3-5-14-10(9)7-12-4-1-2-8(13)6-12/h3,5H,1-2,4,6-7H2. The van der Waals surface area contributed by atoms with Crippen molar-refractivity contribution < 1.29 is 4.79 Å². The van der Waals surface area contributed by atoms with Crippen molar-refractivity contribution in [3.8, 4) is 0 Å². The Hall–Kier alpha value is -0.380. The first-order valence-electron chi connectivity index (χ1n) is 4.71. The van der Waals surface area contributed by atoms with Crippen LogP contribution < -0.4 is 0 Å². The van der Waals surface area contributed by atoms with Crippen LogP contribution in [-0.4, -0.2) is 23.8 Å². The zero-order valence-electron chi connectivity index (χ0n) is 7.83. The third-order valence-electron chi connectivity index (χ3n) is 2.39. The summed E-state index contributed by atoms with van der Waals surface area (Å²) in [6.07, 6.45) is 1.73. The van der Waals surface area contributed by atoms with Crippen LogP contribution in [0.15, 0.2) is 11.4 Å². The van der Waals surface area contributed by atoms with Crippen LogP contribution in [0.5, 0.6) is 0 Å². The van der Waals surface area contributed by atoms with Crippen molar-refractivity contribution in [3.05, 3.63) is 21.3 Å². The first kappa shape index (κ1) is 10.1. The van der Waals surface area contributed by atoms with E-state index >= 15 is 0 Å². The maximum atomic E-state index is 11.2. The molecule has 14 heavy (non-hydrogen) atoms. The molecule has 1 fully saturated rings. The first-order valence-corrected chi connectivity index (χ1v) is 5.97. The second-order valence-electron chi connectivity index (χ2n) is 3.54. The van der Waals surface area contributed by atoms with Gasteiger partial charge in [-0.15, -0.1) is 11.3 Å². The average Bonchev–Trinajstić information content (AvgIpc) is 2.52. The Kier molecular flexibility index (Phi) is 3.21. The number of carbonyl (C=O) groups is 1. The molecule has 4 heteroatoms. The van der Waals surface area contributed by atoms with Crippen LogP contribution in [0.25, 0.3) is 0 Å². The molecule has 0 unspecified atom stereocenters. The van der Waals surface area contributed by atoms with Crippen LogP contribution in [0.4, 0.5) is 0 Å². The summed E-state index contributed by atoms with van der Waals surface area (Å²) in [4.78, 5) is 14.6. The van der Waals surface area contributed by atoms with Crippen LogP contribution in [0.3, 0.4) is 0 Å². The Morgan fingerprint density at radius 1 is 1.57 bits per heavy atom. The molecule has 2 rings (SSSR count). The number of likely N-dealkylation sites (tertiary alicyclic amines) is 1. The van der Waals surface area contributed by atoms with Gasteiger partial charge in [-0.05, 0) is 24.4 Å². The van der Waals surface area contributed by atoms with Gasteiger partial charge in [0.1, 0.15) is 5.78 Å². The number of carbonyl (C=O) groups excluding carboxylic acids is 1.